The number of rotatable bonds is 5. The van der Waals surface area contributed by atoms with Crippen molar-refractivity contribution >= 4 is 17.7 Å². The van der Waals surface area contributed by atoms with Gasteiger partial charge in [0.05, 0.1) is 13.7 Å². The number of hydrogen-bond acceptors (Lipinski definition) is 4. The number of carbonyl (C=O) groups excluding carboxylic acids is 1. The minimum Gasteiger partial charge on any atom is -0.468 e. The second kappa shape index (κ2) is 6.50. The molecule has 5 heteroatoms. The second-order valence-electron chi connectivity index (χ2n) is 3.05. The number of carbonyl (C=O) groups is 1. The van der Waals surface area contributed by atoms with Gasteiger partial charge in [0, 0.05) is 5.75 Å². The maximum Gasteiger partial charge on any atom is 0.323 e. The summed E-state index contributed by atoms with van der Waals surface area (Å²) in [7, 11) is 1.30. The van der Waals surface area contributed by atoms with E-state index in [-0.39, 0.29) is 12.4 Å². The van der Waals surface area contributed by atoms with Gasteiger partial charge in [-0.1, -0.05) is 12.1 Å². The van der Waals surface area contributed by atoms with E-state index in [1.165, 1.54) is 31.0 Å². The van der Waals surface area contributed by atoms with E-state index in [4.69, 9.17) is 5.11 Å². The summed E-state index contributed by atoms with van der Waals surface area (Å²) in [4.78, 5) is 11.5. The van der Waals surface area contributed by atoms with Crippen LogP contribution in [0.1, 0.15) is 10.8 Å². The SMILES string of the molecule is COC(=O)C(SCCO)c1ccc(F)cc1. The Morgan fingerprint density at radius 2 is 2.12 bits per heavy atom. The fourth-order valence-corrected chi connectivity index (χ4v) is 2.14. The third-order valence-electron chi connectivity index (χ3n) is 1.96. The van der Waals surface area contributed by atoms with Crippen LogP contribution in [0.4, 0.5) is 4.39 Å². The standard InChI is InChI=1S/C11H13FO3S/c1-15-11(14)10(16-7-6-13)8-2-4-9(12)5-3-8/h2-5,10,13H,6-7H2,1H3. The van der Waals surface area contributed by atoms with Gasteiger partial charge in [0.1, 0.15) is 11.1 Å². The van der Waals surface area contributed by atoms with Crippen LogP contribution in [0.15, 0.2) is 24.3 Å². The molecule has 88 valence electrons. The Hall–Kier alpha value is -1.07. The maximum absolute atomic E-state index is 12.7. The van der Waals surface area contributed by atoms with E-state index in [1.54, 1.807) is 12.1 Å². The highest BCUT2D eigenvalue weighted by molar-refractivity contribution is 8.00. The minimum absolute atomic E-state index is 0.0145. The summed E-state index contributed by atoms with van der Waals surface area (Å²) >= 11 is 1.27. The third kappa shape index (κ3) is 3.50. The van der Waals surface area contributed by atoms with E-state index in [0.29, 0.717) is 11.3 Å². The lowest BCUT2D eigenvalue weighted by Gasteiger charge is -2.13. The van der Waals surface area contributed by atoms with Crippen LogP contribution in [0.5, 0.6) is 0 Å². The van der Waals surface area contributed by atoms with Crippen molar-refractivity contribution in [2.45, 2.75) is 5.25 Å². The number of esters is 1. The molecule has 3 nitrogen and oxygen atoms in total. The lowest BCUT2D eigenvalue weighted by atomic mass is 10.1. The Labute approximate surface area is 97.6 Å². The van der Waals surface area contributed by atoms with Gasteiger partial charge in [-0.05, 0) is 17.7 Å². The Morgan fingerprint density at radius 1 is 1.50 bits per heavy atom. The molecule has 1 N–H and O–H groups in total. The average Bonchev–Trinajstić information content (AvgIpc) is 2.31. The molecule has 1 rings (SSSR count). The molecule has 0 aliphatic heterocycles. The largest absolute Gasteiger partial charge is 0.468 e. The Bertz CT molecular complexity index is 340. The highest BCUT2D eigenvalue weighted by Gasteiger charge is 2.21. The van der Waals surface area contributed by atoms with Crippen molar-refractivity contribution in [2.24, 2.45) is 0 Å². The minimum atomic E-state index is -0.516. The van der Waals surface area contributed by atoms with Crippen LogP contribution in [-0.2, 0) is 9.53 Å². The quantitative estimate of drug-likeness (QED) is 0.802. The van der Waals surface area contributed by atoms with Gasteiger partial charge in [-0.3, -0.25) is 4.79 Å². The molecule has 16 heavy (non-hydrogen) atoms. The molecule has 0 saturated carbocycles. The molecule has 0 aliphatic rings. The number of methoxy groups -OCH3 is 1. The summed E-state index contributed by atoms with van der Waals surface area (Å²) in [5.74, 6) is -0.318. The van der Waals surface area contributed by atoms with Gasteiger partial charge < -0.3 is 9.84 Å². The zero-order chi connectivity index (χ0) is 12.0. The second-order valence-corrected chi connectivity index (χ2v) is 4.26. The molecule has 0 aromatic heterocycles. The smallest absolute Gasteiger partial charge is 0.323 e. The maximum atomic E-state index is 12.7. The van der Waals surface area contributed by atoms with Crippen molar-refractivity contribution in [3.8, 4) is 0 Å². The van der Waals surface area contributed by atoms with Crippen molar-refractivity contribution in [1.82, 2.24) is 0 Å². The lowest BCUT2D eigenvalue weighted by molar-refractivity contribution is -0.140. The monoisotopic (exact) mass is 244 g/mol. The summed E-state index contributed by atoms with van der Waals surface area (Å²) < 4.78 is 17.4. The van der Waals surface area contributed by atoms with Crippen LogP contribution in [0.3, 0.4) is 0 Å². The molecule has 0 heterocycles. The predicted molar refractivity (Wildman–Crippen MR) is 60.7 cm³/mol. The van der Waals surface area contributed by atoms with E-state index in [0.717, 1.165) is 0 Å². The van der Waals surface area contributed by atoms with Crippen molar-refractivity contribution < 1.29 is 19.0 Å². The molecular weight excluding hydrogens is 231 g/mol. The fourth-order valence-electron chi connectivity index (χ4n) is 1.22. The van der Waals surface area contributed by atoms with Crippen molar-refractivity contribution in [1.29, 1.82) is 0 Å². The van der Waals surface area contributed by atoms with Gasteiger partial charge in [0.2, 0.25) is 0 Å². The van der Waals surface area contributed by atoms with Crippen molar-refractivity contribution in [2.75, 3.05) is 19.5 Å². The molecule has 1 aromatic carbocycles. The number of halogens is 1. The lowest BCUT2D eigenvalue weighted by Crippen LogP contribution is -2.12. The zero-order valence-corrected chi connectivity index (χ0v) is 9.67. The van der Waals surface area contributed by atoms with Crippen LogP contribution in [0.25, 0.3) is 0 Å². The normalized spacial score (nSPS) is 12.2. The van der Waals surface area contributed by atoms with Crippen molar-refractivity contribution in [3.05, 3.63) is 35.6 Å². The van der Waals surface area contributed by atoms with Gasteiger partial charge >= 0.3 is 5.97 Å². The van der Waals surface area contributed by atoms with Gasteiger partial charge in [-0.25, -0.2) is 4.39 Å². The van der Waals surface area contributed by atoms with E-state index >= 15 is 0 Å². The third-order valence-corrected chi connectivity index (χ3v) is 3.18. The summed E-state index contributed by atoms with van der Waals surface area (Å²) in [6.45, 7) is -0.0145. The van der Waals surface area contributed by atoms with Gasteiger partial charge in [0.15, 0.2) is 0 Å². The van der Waals surface area contributed by atoms with Crippen LogP contribution in [-0.4, -0.2) is 30.5 Å². The van der Waals surface area contributed by atoms with Gasteiger partial charge in [0.25, 0.3) is 0 Å². The molecule has 1 unspecified atom stereocenters. The molecule has 1 atom stereocenters. The molecule has 0 aliphatic carbocycles. The molecule has 0 bridgehead atoms. The number of aliphatic hydroxyl groups excluding tert-OH is 1. The molecule has 0 fully saturated rings. The van der Waals surface area contributed by atoms with Crippen LogP contribution >= 0.6 is 11.8 Å². The predicted octanol–water partition coefficient (Wildman–Crippen LogP) is 1.77. The highest BCUT2D eigenvalue weighted by atomic mass is 32.2. The first-order valence-electron chi connectivity index (χ1n) is 4.74. The summed E-state index contributed by atoms with van der Waals surface area (Å²) in [5, 5.41) is 8.21. The topological polar surface area (TPSA) is 46.5 Å². The molecule has 1 aromatic rings. The number of thioether (sulfide) groups is 1. The first kappa shape index (κ1) is 13.0. The van der Waals surface area contributed by atoms with Gasteiger partial charge in [-0.2, -0.15) is 0 Å². The Kier molecular flexibility index (Phi) is 5.28. The average molecular weight is 244 g/mol. The Balaban J connectivity index is 2.82. The van der Waals surface area contributed by atoms with Crippen LogP contribution < -0.4 is 0 Å². The summed E-state index contributed by atoms with van der Waals surface area (Å²) in [5.41, 5.74) is 0.673. The van der Waals surface area contributed by atoms with E-state index < -0.39 is 11.2 Å². The number of hydrogen-bond donors (Lipinski definition) is 1. The van der Waals surface area contributed by atoms with Gasteiger partial charge in [-0.15, -0.1) is 11.8 Å². The fraction of sp³-hybridized carbons (Fsp3) is 0.364. The number of benzene rings is 1. The molecule has 0 amide bonds. The zero-order valence-electron chi connectivity index (χ0n) is 8.85. The summed E-state index contributed by atoms with van der Waals surface area (Å²) in [6.07, 6.45) is 0. The van der Waals surface area contributed by atoms with Crippen molar-refractivity contribution in [3.63, 3.8) is 0 Å². The van der Waals surface area contributed by atoms with E-state index in [9.17, 15) is 9.18 Å². The molecular formula is C11H13FO3S. The molecule has 0 radical (unpaired) electrons. The highest BCUT2D eigenvalue weighted by Crippen LogP contribution is 2.29. The van der Waals surface area contributed by atoms with Crippen LogP contribution in [0.2, 0.25) is 0 Å². The first-order valence-corrected chi connectivity index (χ1v) is 5.79. The van der Waals surface area contributed by atoms with E-state index in [2.05, 4.69) is 4.74 Å². The van der Waals surface area contributed by atoms with E-state index in [1.807, 2.05) is 0 Å². The summed E-state index contributed by atoms with van der Waals surface area (Å²) in [6, 6.07) is 5.68. The number of aliphatic hydroxyl groups is 1. The Morgan fingerprint density at radius 3 is 2.62 bits per heavy atom. The molecule has 0 saturated heterocycles. The molecule has 0 spiro atoms. The van der Waals surface area contributed by atoms with Crippen LogP contribution in [0, 0.1) is 5.82 Å². The number of ether oxygens (including phenoxy) is 1. The first-order chi connectivity index (χ1) is 7.69.